The normalized spacial score (nSPS) is 11.3. The summed E-state index contributed by atoms with van der Waals surface area (Å²) in [6, 6.07) is 3.90. The zero-order valence-electron chi connectivity index (χ0n) is 10.3. The van der Waals surface area contributed by atoms with Crippen LogP contribution in [0.25, 0.3) is 0 Å². The lowest BCUT2D eigenvalue weighted by Gasteiger charge is -2.13. The standard InChI is InChI=1S/C12H18N4O/c1-15(7-10-6-14-16(2)8-10)9-12-4-3-11(5-13)17-12/h3-4,6,8H,5,7,9,13H2,1-2H3. The average molecular weight is 234 g/mol. The fraction of sp³-hybridized carbons (Fsp3) is 0.417. The maximum atomic E-state index is 5.56. The molecule has 0 saturated heterocycles. The van der Waals surface area contributed by atoms with Gasteiger partial charge in [-0.3, -0.25) is 9.58 Å². The van der Waals surface area contributed by atoms with Gasteiger partial charge in [0.2, 0.25) is 0 Å². The molecule has 2 N–H and O–H groups in total. The first kappa shape index (κ1) is 11.9. The molecular formula is C12H18N4O. The summed E-state index contributed by atoms with van der Waals surface area (Å²) in [6.07, 6.45) is 3.90. The Morgan fingerprint density at radius 2 is 2.12 bits per heavy atom. The van der Waals surface area contributed by atoms with Crippen molar-refractivity contribution < 1.29 is 4.42 Å². The van der Waals surface area contributed by atoms with Gasteiger partial charge >= 0.3 is 0 Å². The molecule has 0 unspecified atom stereocenters. The quantitative estimate of drug-likeness (QED) is 0.841. The molecule has 0 aromatic carbocycles. The van der Waals surface area contributed by atoms with Crippen molar-refractivity contribution in [2.75, 3.05) is 7.05 Å². The van der Waals surface area contributed by atoms with Gasteiger partial charge < -0.3 is 10.2 Å². The van der Waals surface area contributed by atoms with Crippen molar-refractivity contribution in [1.29, 1.82) is 0 Å². The Morgan fingerprint density at radius 1 is 1.35 bits per heavy atom. The van der Waals surface area contributed by atoms with Gasteiger partial charge in [-0.25, -0.2) is 0 Å². The molecule has 0 saturated carbocycles. The van der Waals surface area contributed by atoms with Crippen LogP contribution in [-0.2, 0) is 26.7 Å². The van der Waals surface area contributed by atoms with E-state index in [9.17, 15) is 0 Å². The second-order valence-corrected chi connectivity index (χ2v) is 4.27. The lowest BCUT2D eigenvalue weighted by Crippen LogP contribution is -2.16. The molecule has 5 nitrogen and oxygen atoms in total. The fourth-order valence-electron chi connectivity index (χ4n) is 1.80. The highest BCUT2D eigenvalue weighted by Gasteiger charge is 2.06. The Kier molecular flexibility index (Phi) is 3.61. The summed E-state index contributed by atoms with van der Waals surface area (Å²) in [5, 5.41) is 4.14. The van der Waals surface area contributed by atoms with Crippen LogP contribution in [0.4, 0.5) is 0 Å². The van der Waals surface area contributed by atoms with Gasteiger partial charge in [0.25, 0.3) is 0 Å². The molecule has 0 bridgehead atoms. The van der Waals surface area contributed by atoms with Gasteiger partial charge in [0.1, 0.15) is 11.5 Å². The number of furan rings is 1. The SMILES string of the molecule is CN(Cc1cnn(C)c1)Cc1ccc(CN)o1. The molecule has 0 fully saturated rings. The van der Waals surface area contributed by atoms with E-state index in [1.165, 1.54) is 5.56 Å². The molecule has 2 aromatic rings. The molecule has 17 heavy (non-hydrogen) atoms. The smallest absolute Gasteiger partial charge is 0.118 e. The van der Waals surface area contributed by atoms with Crippen molar-refractivity contribution in [3.05, 3.63) is 41.6 Å². The van der Waals surface area contributed by atoms with E-state index in [1.807, 2.05) is 36.3 Å². The van der Waals surface area contributed by atoms with Crippen LogP contribution in [0.1, 0.15) is 17.1 Å². The zero-order valence-corrected chi connectivity index (χ0v) is 10.3. The minimum Gasteiger partial charge on any atom is -0.463 e. The largest absolute Gasteiger partial charge is 0.463 e. The third-order valence-corrected chi connectivity index (χ3v) is 2.56. The molecule has 0 atom stereocenters. The third kappa shape index (κ3) is 3.18. The highest BCUT2D eigenvalue weighted by molar-refractivity contribution is 5.08. The summed E-state index contributed by atoms with van der Waals surface area (Å²) in [5.74, 6) is 1.77. The van der Waals surface area contributed by atoms with Crippen LogP contribution in [0.5, 0.6) is 0 Å². The Labute approximate surface area is 101 Å². The lowest BCUT2D eigenvalue weighted by atomic mass is 10.3. The maximum Gasteiger partial charge on any atom is 0.118 e. The van der Waals surface area contributed by atoms with Gasteiger partial charge in [-0.05, 0) is 19.2 Å². The van der Waals surface area contributed by atoms with E-state index in [-0.39, 0.29) is 0 Å². The van der Waals surface area contributed by atoms with Crippen molar-refractivity contribution in [1.82, 2.24) is 14.7 Å². The van der Waals surface area contributed by atoms with Gasteiger partial charge in [0.05, 0.1) is 19.3 Å². The minimum absolute atomic E-state index is 0.451. The van der Waals surface area contributed by atoms with Gasteiger partial charge in [0.15, 0.2) is 0 Å². The Morgan fingerprint density at radius 3 is 2.71 bits per heavy atom. The van der Waals surface area contributed by atoms with Crippen molar-refractivity contribution in [3.8, 4) is 0 Å². The van der Waals surface area contributed by atoms with Gasteiger partial charge in [-0.15, -0.1) is 0 Å². The van der Waals surface area contributed by atoms with E-state index in [0.29, 0.717) is 6.54 Å². The number of aryl methyl sites for hydroxylation is 1. The van der Waals surface area contributed by atoms with E-state index < -0.39 is 0 Å². The summed E-state index contributed by atoms with van der Waals surface area (Å²) in [7, 11) is 3.97. The highest BCUT2D eigenvalue weighted by atomic mass is 16.3. The molecule has 0 amide bonds. The van der Waals surface area contributed by atoms with Crippen molar-refractivity contribution in [2.24, 2.45) is 12.8 Å². The van der Waals surface area contributed by atoms with Crippen LogP contribution in [0.15, 0.2) is 28.9 Å². The fourth-order valence-corrected chi connectivity index (χ4v) is 1.80. The third-order valence-electron chi connectivity index (χ3n) is 2.56. The van der Waals surface area contributed by atoms with E-state index >= 15 is 0 Å². The molecular weight excluding hydrogens is 216 g/mol. The van der Waals surface area contributed by atoms with E-state index in [1.54, 1.807) is 0 Å². The molecule has 92 valence electrons. The Hall–Kier alpha value is -1.59. The number of hydrogen-bond acceptors (Lipinski definition) is 4. The van der Waals surface area contributed by atoms with Crippen LogP contribution in [-0.4, -0.2) is 21.7 Å². The number of rotatable bonds is 5. The van der Waals surface area contributed by atoms with Crippen molar-refractivity contribution >= 4 is 0 Å². The summed E-state index contributed by atoms with van der Waals surface area (Å²) in [4.78, 5) is 2.18. The summed E-state index contributed by atoms with van der Waals surface area (Å²) < 4.78 is 7.37. The molecule has 0 aliphatic heterocycles. The van der Waals surface area contributed by atoms with Gasteiger partial charge in [-0.1, -0.05) is 0 Å². The first-order chi connectivity index (χ1) is 8.17. The molecule has 0 spiro atoms. The Bertz CT molecular complexity index is 474. The molecule has 0 radical (unpaired) electrons. The molecule has 0 aliphatic carbocycles. The van der Waals surface area contributed by atoms with Crippen LogP contribution in [0.2, 0.25) is 0 Å². The topological polar surface area (TPSA) is 60.2 Å². The van der Waals surface area contributed by atoms with Crippen LogP contribution in [0.3, 0.4) is 0 Å². The van der Waals surface area contributed by atoms with Crippen LogP contribution in [0, 0.1) is 0 Å². The highest BCUT2D eigenvalue weighted by Crippen LogP contribution is 2.11. The monoisotopic (exact) mass is 234 g/mol. The molecule has 5 heteroatoms. The van der Waals surface area contributed by atoms with Crippen molar-refractivity contribution in [3.63, 3.8) is 0 Å². The van der Waals surface area contributed by atoms with Gasteiger partial charge in [-0.2, -0.15) is 5.10 Å². The first-order valence-electron chi connectivity index (χ1n) is 5.61. The van der Waals surface area contributed by atoms with Gasteiger partial charge in [0, 0.05) is 25.4 Å². The maximum absolute atomic E-state index is 5.56. The molecule has 2 aromatic heterocycles. The molecule has 0 aliphatic rings. The van der Waals surface area contributed by atoms with Crippen LogP contribution < -0.4 is 5.73 Å². The number of nitrogens with two attached hydrogens (primary N) is 1. The number of nitrogens with zero attached hydrogens (tertiary/aromatic N) is 3. The molecule has 2 rings (SSSR count). The summed E-state index contributed by atoms with van der Waals surface area (Å²) in [5.41, 5.74) is 6.70. The zero-order chi connectivity index (χ0) is 12.3. The predicted octanol–water partition coefficient (Wildman–Crippen LogP) is 1.10. The Balaban J connectivity index is 1.90. The first-order valence-corrected chi connectivity index (χ1v) is 5.61. The van der Waals surface area contributed by atoms with E-state index in [2.05, 4.69) is 17.0 Å². The number of aromatic nitrogens is 2. The summed E-state index contributed by atoms with van der Waals surface area (Å²) >= 11 is 0. The van der Waals surface area contributed by atoms with E-state index in [4.69, 9.17) is 10.2 Å². The predicted molar refractivity (Wildman–Crippen MR) is 65.0 cm³/mol. The number of hydrogen-bond donors (Lipinski definition) is 1. The molecule has 2 heterocycles. The minimum atomic E-state index is 0.451. The van der Waals surface area contributed by atoms with Crippen LogP contribution >= 0.6 is 0 Å². The van der Waals surface area contributed by atoms with E-state index in [0.717, 1.165) is 24.6 Å². The second-order valence-electron chi connectivity index (χ2n) is 4.27. The second kappa shape index (κ2) is 5.16. The summed E-state index contributed by atoms with van der Waals surface area (Å²) in [6.45, 7) is 2.08. The van der Waals surface area contributed by atoms with Crippen molar-refractivity contribution in [2.45, 2.75) is 19.6 Å². The average Bonchev–Trinajstić information content (AvgIpc) is 2.88. The lowest BCUT2D eigenvalue weighted by molar-refractivity contribution is 0.283.